The molecule has 0 saturated carbocycles. The molecule has 2 aromatic carbocycles. The van der Waals surface area contributed by atoms with Crippen molar-refractivity contribution in [3.63, 3.8) is 0 Å². The Morgan fingerprint density at radius 1 is 0.562 bits per heavy atom. The summed E-state index contributed by atoms with van der Waals surface area (Å²) in [4.78, 5) is 26.3. The van der Waals surface area contributed by atoms with E-state index in [9.17, 15) is 9.59 Å². The molecule has 0 fully saturated rings. The predicted molar refractivity (Wildman–Crippen MR) is 116 cm³/mol. The molecule has 0 amide bonds. The van der Waals surface area contributed by atoms with Crippen LogP contribution in [0.4, 0.5) is 0 Å². The van der Waals surface area contributed by atoms with Crippen LogP contribution in [0.1, 0.15) is 45.9 Å². The number of hydrogen-bond donors (Lipinski definition) is 0. The highest BCUT2D eigenvalue weighted by atomic mass is 16.5. The Morgan fingerprint density at radius 2 is 0.875 bits per heavy atom. The summed E-state index contributed by atoms with van der Waals surface area (Å²) in [6.07, 6.45) is 0. The molecular weight excluding hydrogens is 408 g/mol. The van der Waals surface area contributed by atoms with Gasteiger partial charge in [0.15, 0.2) is 0 Å². The molecule has 3 aliphatic rings. The van der Waals surface area contributed by atoms with Gasteiger partial charge in [-0.3, -0.25) is 0 Å². The molecule has 3 aliphatic carbocycles. The first-order valence-electron chi connectivity index (χ1n) is 10.5. The fraction of sp³-hybridized carbons (Fsp3) is 0.308. The Bertz CT molecular complexity index is 1100. The molecule has 6 nitrogen and oxygen atoms in total. The maximum atomic E-state index is 13.1. The first-order valence-corrected chi connectivity index (χ1v) is 10.5. The minimum Gasteiger partial charge on any atom is -0.500 e. The highest BCUT2D eigenvalue weighted by Gasteiger charge is 2.56. The Hall–Kier alpha value is -3.54. The van der Waals surface area contributed by atoms with Gasteiger partial charge in [-0.1, -0.05) is 48.5 Å². The average molecular weight is 432 g/mol. The maximum absolute atomic E-state index is 13.1. The molecule has 0 saturated heterocycles. The normalized spacial score (nSPS) is 24.9. The zero-order valence-corrected chi connectivity index (χ0v) is 18.4. The van der Waals surface area contributed by atoms with Crippen molar-refractivity contribution in [3.8, 4) is 0 Å². The number of carbonyl (C=O) groups excluding carboxylic acids is 2. The third-order valence-electron chi connectivity index (χ3n) is 6.97. The van der Waals surface area contributed by atoms with Crippen LogP contribution in [0.2, 0.25) is 0 Å². The number of ether oxygens (including phenoxy) is 4. The summed E-state index contributed by atoms with van der Waals surface area (Å²) in [5.41, 5.74) is 5.04. The molecule has 2 aromatic rings. The van der Waals surface area contributed by atoms with E-state index in [-0.39, 0.29) is 0 Å². The van der Waals surface area contributed by atoms with Crippen LogP contribution in [0.3, 0.4) is 0 Å². The van der Waals surface area contributed by atoms with Crippen molar-refractivity contribution >= 4 is 11.9 Å². The molecule has 32 heavy (non-hydrogen) atoms. The smallest absolute Gasteiger partial charge is 0.337 e. The van der Waals surface area contributed by atoms with Gasteiger partial charge in [-0.05, 0) is 22.3 Å². The van der Waals surface area contributed by atoms with Crippen LogP contribution >= 0.6 is 0 Å². The lowest BCUT2D eigenvalue weighted by atomic mass is 9.56. The Balaban J connectivity index is 1.95. The number of benzene rings is 2. The Kier molecular flexibility index (Phi) is 4.81. The van der Waals surface area contributed by atoms with Gasteiger partial charge in [0.2, 0.25) is 0 Å². The van der Waals surface area contributed by atoms with E-state index in [2.05, 4.69) is 0 Å². The molecule has 4 bridgehead atoms. The third kappa shape index (κ3) is 2.52. The number of hydrogen-bond acceptors (Lipinski definition) is 6. The maximum Gasteiger partial charge on any atom is 0.337 e. The van der Waals surface area contributed by atoms with E-state index in [1.165, 1.54) is 14.2 Å². The van der Waals surface area contributed by atoms with Crippen LogP contribution in [0.15, 0.2) is 71.2 Å². The quantitative estimate of drug-likeness (QED) is 0.683. The lowest BCUT2D eigenvalue weighted by Crippen LogP contribution is -2.40. The molecule has 4 atom stereocenters. The van der Waals surface area contributed by atoms with E-state index in [1.54, 1.807) is 14.2 Å². The van der Waals surface area contributed by atoms with Crippen molar-refractivity contribution in [1.82, 2.24) is 0 Å². The molecule has 0 N–H and O–H groups in total. The van der Waals surface area contributed by atoms with Gasteiger partial charge < -0.3 is 18.9 Å². The summed E-state index contributed by atoms with van der Waals surface area (Å²) in [5, 5.41) is 0. The van der Waals surface area contributed by atoms with E-state index >= 15 is 0 Å². The van der Waals surface area contributed by atoms with Gasteiger partial charge in [0, 0.05) is 11.8 Å². The predicted octanol–water partition coefficient (Wildman–Crippen LogP) is 3.91. The van der Waals surface area contributed by atoms with Gasteiger partial charge in [-0.2, -0.15) is 0 Å². The van der Waals surface area contributed by atoms with Crippen LogP contribution in [0.5, 0.6) is 0 Å². The van der Waals surface area contributed by atoms with Crippen molar-refractivity contribution in [2.75, 3.05) is 28.4 Å². The second-order valence-corrected chi connectivity index (χ2v) is 8.12. The van der Waals surface area contributed by atoms with Crippen LogP contribution in [-0.2, 0) is 28.5 Å². The first-order chi connectivity index (χ1) is 15.6. The van der Waals surface area contributed by atoms with E-state index < -0.39 is 35.6 Å². The van der Waals surface area contributed by atoms with Crippen molar-refractivity contribution in [2.45, 2.75) is 23.7 Å². The van der Waals surface area contributed by atoms with Gasteiger partial charge in [0.1, 0.15) is 11.5 Å². The highest BCUT2D eigenvalue weighted by Crippen LogP contribution is 2.64. The summed E-state index contributed by atoms with van der Waals surface area (Å²) in [6.45, 7) is 0. The van der Waals surface area contributed by atoms with Crippen LogP contribution in [0.25, 0.3) is 0 Å². The molecule has 0 unspecified atom stereocenters. The Morgan fingerprint density at radius 3 is 1.16 bits per heavy atom. The molecule has 0 aliphatic heterocycles. The summed E-state index contributed by atoms with van der Waals surface area (Å²) >= 11 is 0. The molecule has 164 valence electrons. The zero-order chi connectivity index (χ0) is 22.6. The summed E-state index contributed by atoms with van der Waals surface area (Å²) in [6, 6.07) is 16.0. The van der Waals surface area contributed by atoms with Gasteiger partial charge in [-0.25, -0.2) is 9.59 Å². The number of rotatable bonds is 4. The third-order valence-corrected chi connectivity index (χ3v) is 6.97. The lowest BCUT2D eigenvalue weighted by molar-refractivity contribution is -0.137. The first kappa shape index (κ1) is 20.4. The zero-order valence-electron chi connectivity index (χ0n) is 18.4. The molecule has 0 radical (unpaired) electrons. The minimum absolute atomic E-state index is 0.414. The second kappa shape index (κ2) is 7.55. The standard InChI is InChI=1S/C26H24O6/c1-29-23-19-15-11-7-5-9-13(15)18(21(23)25(27)31-3)20-16-12-8-6-10-14(16)17(19)22(24(20)30-2)26(28)32-4/h5-12,17-20H,1-4H3/t17-,18-,19+,20+/m1/s1. The highest BCUT2D eigenvalue weighted by molar-refractivity contribution is 5.96. The Labute approximate surface area is 186 Å². The van der Waals surface area contributed by atoms with Gasteiger partial charge in [0.25, 0.3) is 0 Å². The lowest BCUT2D eigenvalue weighted by Gasteiger charge is -2.48. The van der Waals surface area contributed by atoms with Gasteiger partial charge in [-0.15, -0.1) is 0 Å². The van der Waals surface area contributed by atoms with Gasteiger partial charge in [0.05, 0.1) is 51.4 Å². The topological polar surface area (TPSA) is 71.1 Å². The monoisotopic (exact) mass is 432 g/mol. The van der Waals surface area contributed by atoms with E-state index in [4.69, 9.17) is 18.9 Å². The van der Waals surface area contributed by atoms with Gasteiger partial charge >= 0.3 is 11.9 Å². The van der Waals surface area contributed by atoms with Crippen LogP contribution < -0.4 is 0 Å². The van der Waals surface area contributed by atoms with E-state index in [1.807, 2.05) is 48.5 Å². The van der Waals surface area contributed by atoms with Crippen molar-refractivity contribution in [1.29, 1.82) is 0 Å². The van der Waals surface area contributed by atoms with Crippen molar-refractivity contribution in [2.24, 2.45) is 0 Å². The summed E-state index contributed by atoms with van der Waals surface area (Å²) < 4.78 is 22.3. The molecule has 6 heteroatoms. The van der Waals surface area contributed by atoms with E-state index in [0.29, 0.717) is 22.7 Å². The second-order valence-electron chi connectivity index (χ2n) is 8.12. The fourth-order valence-corrected chi connectivity index (χ4v) is 5.89. The average Bonchev–Trinajstić information content (AvgIpc) is 2.83. The SMILES string of the molecule is COC(=O)C1=C(OC)[C@H]2c3ccccc3[C@@H]1[C@H]1C(OC)=C(C(=O)OC)[C@@H]2c2ccccc21. The largest absolute Gasteiger partial charge is 0.500 e. The van der Waals surface area contributed by atoms with E-state index in [0.717, 1.165) is 22.3 Å². The molecule has 0 heterocycles. The number of esters is 2. The van der Waals surface area contributed by atoms with Crippen molar-refractivity contribution in [3.05, 3.63) is 93.4 Å². The fourth-order valence-electron chi connectivity index (χ4n) is 5.89. The minimum atomic E-state index is -0.443. The summed E-state index contributed by atoms with van der Waals surface area (Å²) in [5.74, 6) is -1.53. The molecule has 0 aromatic heterocycles. The number of methoxy groups -OCH3 is 4. The summed E-state index contributed by atoms with van der Waals surface area (Å²) in [7, 11) is 5.88. The molecule has 5 rings (SSSR count). The number of allylic oxidation sites excluding steroid dienone is 2. The van der Waals surface area contributed by atoms with Crippen LogP contribution in [-0.4, -0.2) is 40.4 Å². The number of carbonyl (C=O) groups is 2. The molecular formula is C26H24O6. The van der Waals surface area contributed by atoms with Crippen molar-refractivity contribution < 1.29 is 28.5 Å². The van der Waals surface area contributed by atoms with Crippen LogP contribution in [0, 0.1) is 0 Å². The number of fused-ring (bicyclic) bond motifs is 2. The molecule has 0 spiro atoms.